The van der Waals surface area contributed by atoms with Crippen molar-refractivity contribution >= 4 is 11.6 Å². The minimum Gasteiger partial charge on any atom is -0.342 e. The number of pyridine rings is 1. The molecule has 0 aliphatic heterocycles. The minimum atomic E-state index is 0.183. The molecule has 0 N–H and O–H groups in total. The second kappa shape index (κ2) is 5.88. The molecule has 2 aromatic heterocycles. The third kappa shape index (κ3) is 2.94. The largest absolute Gasteiger partial charge is 0.342 e. The van der Waals surface area contributed by atoms with Crippen LogP contribution in [0.1, 0.15) is 43.4 Å². The number of likely N-dealkylation sites (N-methyl/N-ethyl adjacent to an activating group) is 1. The normalized spacial score (nSPS) is 16.3. The van der Waals surface area contributed by atoms with Crippen molar-refractivity contribution in [1.82, 2.24) is 14.3 Å². The molecule has 1 saturated carbocycles. The lowest BCUT2D eigenvalue weighted by Crippen LogP contribution is -2.39. The van der Waals surface area contributed by atoms with Crippen molar-refractivity contribution in [3.63, 3.8) is 0 Å². The Kier molecular flexibility index (Phi) is 3.95. The van der Waals surface area contributed by atoms with Crippen LogP contribution in [0.3, 0.4) is 0 Å². The molecule has 0 saturated heterocycles. The van der Waals surface area contributed by atoms with Crippen molar-refractivity contribution in [3.8, 4) is 0 Å². The zero-order chi connectivity index (χ0) is 14.8. The van der Waals surface area contributed by atoms with E-state index in [4.69, 9.17) is 0 Å². The molecule has 2 aromatic rings. The van der Waals surface area contributed by atoms with Crippen LogP contribution in [0.4, 0.5) is 0 Å². The molecule has 4 heteroatoms. The molecule has 0 bridgehead atoms. The van der Waals surface area contributed by atoms with E-state index in [0.717, 1.165) is 29.7 Å². The molecule has 1 aliphatic rings. The molecule has 1 fully saturated rings. The number of aryl methyl sites for hydroxylation is 1. The summed E-state index contributed by atoms with van der Waals surface area (Å²) in [5.41, 5.74) is 2.94. The summed E-state index contributed by atoms with van der Waals surface area (Å²) in [4.78, 5) is 19.0. The van der Waals surface area contributed by atoms with Crippen molar-refractivity contribution in [3.05, 3.63) is 35.8 Å². The SMILES string of the molecule is Cc1cccn2cc(CC(=O)N(C)C3CCCCC3)nc12. The van der Waals surface area contributed by atoms with E-state index in [1.165, 1.54) is 19.3 Å². The highest BCUT2D eigenvalue weighted by molar-refractivity contribution is 5.78. The van der Waals surface area contributed by atoms with E-state index in [9.17, 15) is 4.79 Å². The van der Waals surface area contributed by atoms with Gasteiger partial charge in [-0.15, -0.1) is 0 Å². The molecule has 0 radical (unpaired) electrons. The number of amides is 1. The molecule has 2 heterocycles. The monoisotopic (exact) mass is 285 g/mol. The summed E-state index contributed by atoms with van der Waals surface area (Å²) < 4.78 is 2.00. The van der Waals surface area contributed by atoms with Gasteiger partial charge in [-0.3, -0.25) is 4.79 Å². The highest BCUT2D eigenvalue weighted by atomic mass is 16.2. The smallest absolute Gasteiger partial charge is 0.228 e. The highest BCUT2D eigenvalue weighted by Crippen LogP contribution is 2.22. The molecule has 1 aliphatic carbocycles. The first kappa shape index (κ1) is 14.1. The summed E-state index contributed by atoms with van der Waals surface area (Å²) in [7, 11) is 1.94. The van der Waals surface area contributed by atoms with Crippen molar-refractivity contribution in [2.75, 3.05) is 7.05 Å². The van der Waals surface area contributed by atoms with Crippen LogP contribution >= 0.6 is 0 Å². The van der Waals surface area contributed by atoms with E-state index < -0.39 is 0 Å². The van der Waals surface area contributed by atoms with Crippen LogP contribution in [0.25, 0.3) is 5.65 Å². The van der Waals surface area contributed by atoms with E-state index in [-0.39, 0.29) is 5.91 Å². The predicted molar refractivity (Wildman–Crippen MR) is 83.3 cm³/mol. The first-order valence-electron chi connectivity index (χ1n) is 7.84. The van der Waals surface area contributed by atoms with Crippen LogP contribution in [-0.2, 0) is 11.2 Å². The molecule has 21 heavy (non-hydrogen) atoms. The first-order chi connectivity index (χ1) is 10.1. The number of aromatic nitrogens is 2. The summed E-state index contributed by atoms with van der Waals surface area (Å²) in [6, 6.07) is 4.47. The summed E-state index contributed by atoms with van der Waals surface area (Å²) >= 11 is 0. The van der Waals surface area contributed by atoms with Crippen molar-refractivity contribution in [2.45, 2.75) is 51.5 Å². The average Bonchev–Trinajstić information content (AvgIpc) is 2.91. The number of carbonyl (C=O) groups excluding carboxylic acids is 1. The van der Waals surface area contributed by atoms with E-state index in [2.05, 4.69) is 4.98 Å². The standard InChI is InChI=1S/C17H23N3O/c1-13-7-6-10-20-12-14(18-17(13)20)11-16(21)19(2)15-8-4-3-5-9-15/h6-7,10,12,15H,3-5,8-9,11H2,1-2H3. The molecule has 0 spiro atoms. The quantitative estimate of drug-likeness (QED) is 0.869. The lowest BCUT2D eigenvalue weighted by molar-refractivity contribution is -0.131. The second-order valence-electron chi connectivity index (χ2n) is 6.13. The molecule has 112 valence electrons. The van der Waals surface area contributed by atoms with Crippen LogP contribution in [0, 0.1) is 6.92 Å². The molecular weight excluding hydrogens is 262 g/mol. The molecule has 1 amide bonds. The molecule has 3 rings (SSSR count). The van der Waals surface area contributed by atoms with Crippen LogP contribution in [0.15, 0.2) is 24.5 Å². The number of hydrogen-bond acceptors (Lipinski definition) is 2. The average molecular weight is 285 g/mol. The van der Waals surface area contributed by atoms with Crippen molar-refractivity contribution in [1.29, 1.82) is 0 Å². The van der Waals surface area contributed by atoms with E-state index in [1.54, 1.807) is 0 Å². The van der Waals surface area contributed by atoms with E-state index in [0.29, 0.717) is 12.5 Å². The van der Waals surface area contributed by atoms with E-state index >= 15 is 0 Å². The van der Waals surface area contributed by atoms with Gasteiger partial charge >= 0.3 is 0 Å². The number of carbonyl (C=O) groups is 1. The topological polar surface area (TPSA) is 37.6 Å². The van der Waals surface area contributed by atoms with E-state index in [1.807, 2.05) is 47.8 Å². The van der Waals surface area contributed by atoms with Gasteiger partial charge in [-0.2, -0.15) is 0 Å². The van der Waals surface area contributed by atoms with Gasteiger partial charge in [-0.1, -0.05) is 25.3 Å². The number of imidazole rings is 1. The van der Waals surface area contributed by atoms with Gasteiger partial charge in [0.2, 0.25) is 5.91 Å². The van der Waals surface area contributed by atoms with Gasteiger partial charge in [0.1, 0.15) is 5.65 Å². The van der Waals surface area contributed by atoms with Crippen molar-refractivity contribution < 1.29 is 4.79 Å². The maximum atomic E-state index is 12.5. The van der Waals surface area contributed by atoms with Gasteiger partial charge in [-0.25, -0.2) is 4.98 Å². The molecule has 0 atom stereocenters. The lowest BCUT2D eigenvalue weighted by Gasteiger charge is -2.31. The number of fused-ring (bicyclic) bond motifs is 1. The Balaban J connectivity index is 1.72. The van der Waals surface area contributed by atoms with Crippen molar-refractivity contribution in [2.24, 2.45) is 0 Å². The fourth-order valence-electron chi connectivity index (χ4n) is 3.24. The highest BCUT2D eigenvalue weighted by Gasteiger charge is 2.22. The zero-order valence-electron chi connectivity index (χ0n) is 12.9. The Bertz CT molecular complexity index is 641. The van der Waals surface area contributed by atoms with Crippen LogP contribution in [0.5, 0.6) is 0 Å². The van der Waals surface area contributed by atoms with Gasteiger partial charge in [0.25, 0.3) is 0 Å². The summed E-state index contributed by atoms with van der Waals surface area (Å²) in [5.74, 6) is 0.183. The Morgan fingerprint density at radius 3 is 2.86 bits per heavy atom. The molecular formula is C17H23N3O. The maximum absolute atomic E-state index is 12.5. The number of hydrogen-bond donors (Lipinski definition) is 0. The van der Waals surface area contributed by atoms with Crippen LogP contribution in [-0.4, -0.2) is 33.3 Å². The maximum Gasteiger partial charge on any atom is 0.228 e. The summed E-state index contributed by atoms with van der Waals surface area (Å²) in [6.45, 7) is 2.04. The van der Waals surface area contributed by atoms with Gasteiger partial charge < -0.3 is 9.30 Å². The van der Waals surface area contributed by atoms with Gasteiger partial charge in [-0.05, 0) is 31.4 Å². The minimum absolute atomic E-state index is 0.183. The summed E-state index contributed by atoms with van der Waals surface area (Å²) in [5, 5.41) is 0. The third-order valence-electron chi connectivity index (χ3n) is 4.58. The molecule has 0 aromatic carbocycles. The Hall–Kier alpha value is -1.84. The number of nitrogens with zero attached hydrogens (tertiary/aromatic N) is 3. The van der Waals surface area contributed by atoms with Gasteiger partial charge in [0.15, 0.2) is 0 Å². The second-order valence-corrected chi connectivity index (χ2v) is 6.13. The fraction of sp³-hybridized carbons (Fsp3) is 0.529. The zero-order valence-corrected chi connectivity index (χ0v) is 12.9. The lowest BCUT2D eigenvalue weighted by atomic mass is 9.94. The molecule has 4 nitrogen and oxygen atoms in total. The Labute approximate surface area is 125 Å². The third-order valence-corrected chi connectivity index (χ3v) is 4.58. The Morgan fingerprint density at radius 2 is 2.14 bits per heavy atom. The van der Waals surface area contributed by atoms with Crippen LogP contribution < -0.4 is 0 Å². The number of rotatable bonds is 3. The van der Waals surface area contributed by atoms with Gasteiger partial charge in [0.05, 0.1) is 12.1 Å². The summed E-state index contributed by atoms with van der Waals surface area (Å²) in [6.07, 6.45) is 10.4. The predicted octanol–water partition coefficient (Wildman–Crippen LogP) is 2.98. The van der Waals surface area contributed by atoms with Crippen LogP contribution in [0.2, 0.25) is 0 Å². The molecule has 0 unspecified atom stereocenters. The van der Waals surface area contributed by atoms with Gasteiger partial charge in [0, 0.05) is 25.5 Å². The first-order valence-corrected chi connectivity index (χ1v) is 7.84. The fourth-order valence-corrected chi connectivity index (χ4v) is 3.24. The Morgan fingerprint density at radius 1 is 1.38 bits per heavy atom.